The average molecular weight is 281 g/mol. The zero-order valence-corrected chi connectivity index (χ0v) is 13.2. The Balaban J connectivity index is 1.96. The third-order valence-electron chi connectivity index (χ3n) is 4.94. The summed E-state index contributed by atoms with van der Waals surface area (Å²) >= 11 is 0. The van der Waals surface area contributed by atoms with Gasteiger partial charge in [-0.15, -0.1) is 0 Å². The number of hydrogen-bond donors (Lipinski definition) is 1. The van der Waals surface area contributed by atoms with Crippen LogP contribution in [0.5, 0.6) is 0 Å². The summed E-state index contributed by atoms with van der Waals surface area (Å²) in [7, 11) is 0. The molecule has 1 amide bonds. The Hall–Kier alpha value is -0.730. The number of nitrogens with one attached hydrogen (secondary N) is 1. The Morgan fingerprint density at radius 3 is 1.75 bits per heavy atom. The molecule has 2 aliphatic carbocycles. The molecule has 2 fully saturated rings. The van der Waals surface area contributed by atoms with Crippen LogP contribution in [0.3, 0.4) is 0 Å². The summed E-state index contributed by atoms with van der Waals surface area (Å²) in [6, 6.07) is 0.349. The largest absolute Gasteiger partial charge is 0.447 e. The molecule has 2 saturated carbocycles. The van der Waals surface area contributed by atoms with Gasteiger partial charge in [-0.1, -0.05) is 38.5 Å². The first-order valence-corrected chi connectivity index (χ1v) is 8.64. The first-order chi connectivity index (χ1) is 9.66. The molecule has 0 aromatic heterocycles. The third-order valence-corrected chi connectivity index (χ3v) is 4.94. The highest BCUT2D eigenvalue weighted by atomic mass is 16.6. The maximum absolute atomic E-state index is 12.0. The van der Waals surface area contributed by atoms with E-state index in [0.29, 0.717) is 17.9 Å². The van der Waals surface area contributed by atoms with Gasteiger partial charge in [0.05, 0.1) is 6.10 Å². The first kappa shape index (κ1) is 15.7. The van der Waals surface area contributed by atoms with Crippen LogP contribution in [0.1, 0.15) is 78.1 Å². The van der Waals surface area contributed by atoms with Crippen LogP contribution in [0.25, 0.3) is 0 Å². The van der Waals surface area contributed by atoms with Gasteiger partial charge in [0, 0.05) is 6.04 Å². The van der Waals surface area contributed by atoms with Crippen molar-refractivity contribution in [1.29, 1.82) is 0 Å². The van der Waals surface area contributed by atoms with Gasteiger partial charge in [0.15, 0.2) is 0 Å². The van der Waals surface area contributed by atoms with Crippen LogP contribution in [0.2, 0.25) is 0 Å². The van der Waals surface area contributed by atoms with E-state index in [2.05, 4.69) is 5.32 Å². The normalized spacial score (nSPS) is 22.2. The van der Waals surface area contributed by atoms with Crippen LogP contribution < -0.4 is 5.32 Å². The monoisotopic (exact) mass is 281 g/mol. The van der Waals surface area contributed by atoms with E-state index >= 15 is 0 Å². The summed E-state index contributed by atoms with van der Waals surface area (Å²) in [5.41, 5.74) is 0. The average Bonchev–Trinajstić information content (AvgIpc) is 2.46. The van der Waals surface area contributed by atoms with Gasteiger partial charge < -0.3 is 10.1 Å². The van der Waals surface area contributed by atoms with E-state index in [1.165, 1.54) is 64.2 Å². The van der Waals surface area contributed by atoms with E-state index in [0.717, 1.165) is 0 Å². The van der Waals surface area contributed by atoms with E-state index in [9.17, 15) is 4.79 Å². The van der Waals surface area contributed by atoms with Crippen LogP contribution in [0.4, 0.5) is 4.79 Å². The zero-order chi connectivity index (χ0) is 14.4. The highest BCUT2D eigenvalue weighted by Gasteiger charge is 2.32. The number of hydrogen-bond acceptors (Lipinski definition) is 2. The summed E-state index contributed by atoms with van der Waals surface area (Å²) < 4.78 is 5.31. The SMILES string of the molecule is CC(C)OC(=O)NC(C1CCCCC1)C1CCCCC1. The molecule has 2 rings (SSSR count). The molecule has 20 heavy (non-hydrogen) atoms. The van der Waals surface area contributed by atoms with Gasteiger partial charge in [-0.25, -0.2) is 4.79 Å². The molecule has 0 spiro atoms. The van der Waals surface area contributed by atoms with Crippen LogP contribution >= 0.6 is 0 Å². The lowest BCUT2D eigenvalue weighted by Crippen LogP contribution is -2.47. The van der Waals surface area contributed by atoms with Crippen molar-refractivity contribution in [1.82, 2.24) is 5.32 Å². The fraction of sp³-hybridized carbons (Fsp3) is 0.941. The Kier molecular flexibility index (Phi) is 6.18. The highest BCUT2D eigenvalue weighted by Crippen LogP contribution is 2.35. The molecule has 0 heterocycles. The van der Waals surface area contributed by atoms with E-state index < -0.39 is 0 Å². The number of amides is 1. The summed E-state index contributed by atoms with van der Waals surface area (Å²) in [5, 5.41) is 3.23. The smallest absolute Gasteiger partial charge is 0.407 e. The predicted octanol–water partition coefficient (Wildman–Crippen LogP) is 4.65. The molecule has 3 heteroatoms. The summed E-state index contributed by atoms with van der Waals surface area (Å²) in [5.74, 6) is 1.35. The molecular weight excluding hydrogens is 250 g/mol. The van der Waals surface area contributed by atoms with Gasteiger partial charge in [0.2, 0.25) is 0 Å². The van der Waals surface area contributed by atoms with Crippen LogP contribution in [0.15, 0.2) is 0 Å². The van der Waals surface area contributed by atoms with Gasteiger partial charge in [0.25, 0.3) is 0 Å². The minimum atomic E-state index is -0.207. The van der Waals surface area contributed by atoms with Gasteiger partial charge >= 0.3 is 6.09 Å². The Morgan fingerprint density at radius 1 is 0.900 bits per heavy atom. The Morgan fingerprint density at radius 2 is 1.35 bits per heavy atom. The van der Waals surface area contributed by atoms with Crippen molar-refractivity contribution < 1.29 is 9.53 Å². The molecule has 0 unspecified atom stereocenters. The van der Waals surface area contributed by atoms with Crippen LogP contribution in [-0.2, 0) is 4.74 Å². The maximum Gasteiger partial charge on any atom is 0.407 e. The number of carbonyl (C=O) groups excluding carboxylic acids is 1. The fourth-order valence-corrected chi connectivity index (χ4v) is 3.99. The molecule has 2 aliphatic rings. The van der Waals surface area contributed by atoms with Crippen molar-refractivity contribution in [3.8, 4) is 0 Å². The van der Waals surface area contributed by atoms with E-state index in [1.807, 2.05) is 13.8 Å². The minimum absolute atomic E-state index is 0.0339. The lowest BCUT2D eigenvalue weighted by molar-refractivity contribution is 0.0951. The lowest BCUT2D eigenvalue weighted by Gasteiger charge is -2.38. The second-order valence-corrected chi connectivity index (χ2v) is 6.92. The summed E-state index contributed by atoms with van der Waals surface area (Å²) in [6.45, 7) is 3.83. The van der Waals surface area contributed by atoms with Crippen molar-refractivity contribution in [3.05, 3.63) is 0 Å². The molecule has 0 atom stereocenters. The lowest BCUT2D eigenvalue weighted by atomic mass is 9.74. The molecule has 0 radical (unpaired) electrons. The van der Waals surface area contributed by atoms with Gasteiger partial charge in [0.1, 0.15) is 0 Å². The van der Waals surface area contributed by atoms with Crippen molar-refractivity contribution in [2.24, 2.45) is 11.8 Å². The van der Waals surface area contributed by atoms with Crippen molar-refractivity contribution in [2.75, 3.05) is 0 Å². The number of rotatable bonds is 4. The number of ether oxygens (including phenoxy) is 1. The van der Waals surface area contributed by atoms with Gasteiger partial charge in [-0.05, 0) is 51.4 Å². The molecule has 0 saturated heterocycles. The fourth-order valence-electron chi connectivity index (χ4n) is 3.99. The number of alkyl carbamates (subject to hydrolysis) is 1. The summed E-state index contributed by atoms with van der Waals surface area (Å²) in [4.78, 5) is 12.0. The Bertz CT molecular complexity index is 273. The number of carbonyl (C=O) groups is 1. The summed E-state index contributed by atoms with van der Waals surface area (Å²) in [6.07, 6.45) is 12.9. The first-order valence-electron chi connectivity index (χ1n) is 8.64. The Labute approximate surface area is 123 Å². The van der Waals surface area contributed by atoms with Crippen molar-refractivity contribution >= 4 is 6.09 Å². The molecule has 1 N–H and O–H groups in total. The second-order valence-electron chi connectivity index (χ2n) is 6.92. The zero-order valence-electron chi connectivity index (χ0n) is 13.2. The van der Waals surface area contributed by atoms with Crippen LogP contribution in [-0.4, -0.2) is 18.2 Å². The van der Waals surface area contributed by atoms with Crippen LogP contribution in [0, 0.1) is 11.8 Å². The molecule has 116 valence electrons. The third kappa shape index (κ3) is 4.68. The molecule has 3 nitrogen and oxygen atoms in total. The molecule has 0 aromatic rings. The highest BCUT2D eigenvalue weighted by molar-refractivity contribution is 5.67. The van der Waals surface area contributed by atoms with E-state index in [4.69, 9.17) is 4.74 Å². The molecular formula is C17H31NO2. The standard InChI is InChI=1S/C17H31NO2/c1-13(2)20-17(19)18-16(14-9-5-3-6-10-14)15-11-7-4-8-12-15/h13-16H,3-12H2,1-2H3,(H,18,19). The predicted molar refractivity (Wildman–Crippen MR) is 81.7 cm³/mol. The molecule has 0 aliphatic heterocycles. The van der Waals surface area contributed by atoms with Gasteiger partial charge in [-0.2, -0.15) is 0 Å². The molecule has 0 bridgehead atoms. The molecule has 0 aromatic carbocycles. The van der Waals surface area contributed by atoms with E-state index in [-0.39, 0.29) is 12.2 Å². The maximum atomic E-state index is 12.0. The topological polar surface area (TPSA) is 38.3 Å². The van der Waals surface area contributed by atoms with Crippen molar-refractivity contribution in [3.63, 3.8) is 0 Å². The van der Waals surface area contributed by atoms with Crippen molar-refractivity contribution in [2.45, 2.75) is 90.2 Å². The quantitative estimate of drug-likeness (QED) is 0.814. The minimum Gasteiger partial charge on any atom is -0.447 e. The second kappa shape index (κ2) is 7.90. The van der Waals surface area contributed by atoms with Gasteiger partial charge in [-0.3, -0.25) is 0 Å². The van der Waals surface area contributed by atoms with E-state index in [1.54, 1.807) is 0 Å².